The van der Waals surface area contributed by atoms with Crippen molar-refractivity contribution in [3.05, 3.63) is 101 Å². The molecule has 0 aromatic heterocycles. The van der Waals surface area contributed by atoms with Crippen LogP contribution in [-0.4, -0.2) is 28.1 Å². The summed E-state index contributed by atoms with van der Waals surface area (Å²) in [5.74, 6) is -1.54. The molecule has 7 nitrogen and oxygen atoms in total. The Morgan fingerprint density at radius 1 is 0.912 bits per heavy atom. The van der Waals surface area contributed by atoms with Crippen molar-refractivity contribution in [3.63, 3.8) is 0 Å². The Hall–Kier alpha value is -3.91. The van der Waals surface area contributed by atoms with Gasteiger partial charge in [-0.1, -0.05) is 60.7 Å². The van der Waals surface area contributed by atoms with Crippen molar-refractivity contribution in [1.82, 2.24) is 5.32 Å². The molecule has 3 aromatic rings. The lowest BCUT2D eigenvalue weighted by Crippen LogP contribution is -2.30. The van der Waals surface area contributed by atoms with Gasteiger partial charge in [0.25, 0.3) is 5.24 Å². The van der Waals surface area contributed by atoms with Crippen LogP contribution in [0.5, 0.6) is 0 Å². The SMILES string of the molecule is O=C1NC(=O)C(c2ccc(CN(C(=O)CCc3ccccc3)c3cccc(C(=O)O)c3)cc2)S1. The Balaban J connectivity index is 1.55. The van der Waals surface area contributed by atoms with Crippen LogP contribution in [0.3, 0.4) is 0 Å². The number of carbonyl (C=O) groups excluding carboxylic acids is 3. The lowest BCUT2D eigenvalue weighted by Gasteiger charge is -2.24. The van der Waals surface area contributed by atoms with Crippen LogP contribution in [0.4, 0.5) is 10.5 Å². The van der Waals surface area contributed by atoms with E-state index in [4.69, 9.17) is 0 Å². The third-order valence-electron chi connectivity index (χ3n) is 5.49. The molecule has 3 aromatic carbocycles. The number of rotatable bonds is 8. The zero-order valence-corrected chi connectivity index (χ0v) is 19.0. The first-order chi connectivity index (χ1) is 16.4. The predicted octanol–water partition coefficient (Wildman–Crippen LogP) is 4.57. The number of carboxylic acid groups (broad SMARTS) is 1. The molecule has 1 saturated heterocycles. The number of aromatic carboxylic acids is 1. The van der Waals surface area contributed by atoms with Crippen LogP contribution in [0.15, 0.2) is 78.9 Å². The van der Waals surface area contributed by atoms with Crippen LogP contribution in [0, 0.1) is 0 Å². The Morgan fingerprint density at radius 3 is 2.29 bits per heavy atom. The average molecular weight is 475 g/mol. The summed E-state index contributed by atoms with van der Waals surface area (Å²) >= 11 is 0.937. The lowest BCUT2D eigenvalue weighted by molar-refractivity contribution is -0.119. The molecule has 1 atom stereocenters. The van der Waals surface area contributed by atoms with Crippen LogP contribution in [0.25, 0.3) is 0 Å². The van der Waals surface area contributed by atoms with Gasteiger partial charge in [-0.2, -0.15) is 0 Å². The molecule has 1 fully saturated rings. The number of carbonyl (C=O) groups is 4. The fourth-order valence-corrected chi connectivity index (χ4v) is 4.55. The van der Waals surface area contributed by atoms with Crippen molar-refractivity contribution in [2.45, 2.75) is 24.6 Å². The summed E-state index contributed by atoms with van der Waals surface area (Å²) in [6, 6.07) is 23.2. The minimum absolute atomic E-state index is 0.0997. The maximum atomic E-state index is 13.2. The first-order valence-electron chi connectivity index (χ1n) is 10.7. The number of hydrogen-bond donors (Lipinski definition) is 2. The van der Waals surface area contributed by atoms with Gasteiger partial charge in [0.2, 0.25) is 11.8 Å². The van der Waals surface area contributed by atoms with Crippen molar-refractivity contribution in [2.24, 2.45) is 0 Å². The summed E-state index contributed by atoms with van der Waals surface area (Å²) in [5.41, 5.74) is 3.15. The van der Waals surface area contributed by atoms with Gasteiger partial charge in [0, 0.05) is 12.1 Å². The molecule has 0 spiro atoms. The molecule has 1 unspecified atom stereocenters. The number of anilines is 1. The fraction of sp³-hybridized carbons (Fsp3) is 0.154. The van der Waals surface area contributed by atoms with E-state index < -0.39 is 11.2 Å². The highest BCUT2D eigenvalue weighted by molar-refractivity contribution is 8.15. The lowest BCUT2D eigenvalue weighted by atomic mass is 10.1. The van der Waals surface area contributed by atoms with Gasteiger partial charge in [-0.15, -0.1) is 0 Å². The minimum Gasteiger partial charge on any atom is -0.478 e. The highest BCUT2D eigenvalue weighted by atomic mass is 32.2. The van der Waals surface area contributed by atoms with Crippen molar-refractivity contribution < 1.29 is 24.3 Å². The molecule has 1 aliphatic heterocycles. The van der Waals surface area contributed by atoms with Crippen molar-refractivity contribution in [2.75, 3.05) is 4.90 Å². The summed E-state index contributed by atoms with van der Waals surface area (Å²) in [6.45, 7) is 0.236. The standard InChI is InChI=1S/C26H22N2O5S/c29-22(14-11-17-5-2-1-3-6-17)28(21-8-4-7-20(15-21)25(31)32)16-18-9-12-19(13-10-18)23-24(30)27-26(33)34-23/h1-10,12-13,15,23H,11,14,16H2,(H,31,32)(H,27,30,33). The molecule has 0 bridgehead atoms. The second-order valence-corrected chi connectivity index (χ2v) is 8.92. The van der Waals surface area contributed by atoms with E-state index in [1.807, 2.05) is 42.5 Å². The second-order valence-electron chi connectivity index (χ2n) is 7.84. The van der Waals surface area contributed by atoms with E-state index in [1.165, 1.54) is 12.1 Å². The summed E-state index contributed by atoms with van der Waals surface area (Å²) in [5, 5.41) is 10.7. The van der Waals surface area contributed by atoms with Crippen LogP contribution in [0.1, 0.15) is 38.7 Å². The van der Waals surface area contributed by atoms with Gasteiger partial charge >= 0.3 is 5.97 Å². The third-order valence-corrected chi connectivity index (χ3v) is 6.53. The van der Waals surface area contributed by atoms with Gasteiger partial charge in [0.15, 0.2) is 0 Å². The number of carboxylic acids is 1. The fourth-order valence-electron chi connectivity index (χ4n) is 3.72. The monoisotopic (exact) mass is 474 g/mol. The van der Waals surface area contributed by atoms with Gasteiger partial charge in [-0.25, -0.2) is 4.79 Å². The van der Waals surface area contributed by atoms with Gasteiger partial charge in [-0.3, -0.25) is 19.7 Å². The van der Waals surface area contributed by atoms with Gasteiger partial charge < -0.3 is 10.0 Å². The van der Waals surface area contributed by atoms with E-state index >= 15 is 0 Å². The van der Waals surface area contributed by atoms with Gasteiger partial charge in [-0.05, 0) is 53.1 Å². The molecular weight excluding hydrogens is 452 g/mol. The summed E-state index contributed by atoms with van der Waals surface area (Å²) < 4.78 is 0. The average Bonchev–Trinajstić information content (AvgIpc) is 3.19. The van der Waals surface area contributed by atoms with Gasteiger partial charge in [0.1, 0.15) is 5.25 Å². The quantitative estimate of drug-likeness (QED) is 0.496. The third kappa shape index (κ3) is 5.52. The number of nitrogens with zero attached hydrogens (tertiary/aromatic N) is 1. The molecule has 34 heavy (non-hydrogen) atoms. The number of hydrogen-bond acceptors (Lipinski definition) is 5. The summed E-state index contributed by atoms with van der Waals surface area (Å²) in [4.78, 5) is 49.7. The maximum absolute atomic E-state index is 13.2. The summed E-state index contributed by atoms with van der Waals surface area (Å²) in [7, 11) is 0. The highest BCUT2D eigenvalue weighted by Gasteiger charge is 2.32. The highest BCUT2D eigenvalue weighted by Crippen LogP contribution is 2.34. The Morgan fingerprint density at radius 2 is 1.65 bits per heavy atom. The number of amides is 3. The van der Waals surface area contributed by atoms with E-state index in [2.05, 4.69) is 5.32 Å². The number of aryl methyl sites for hydroxylation is 1. The van der Waals surface area contributed by atoms with Crippen LogP contribution < -0.4 is 10.2 Å². The Labute approximate surface area is 200 Å². The molecule has 1 heterocycles. The second kappa shape index (κ2) is 10.4. The Kier molecular flexibility index (Phi) is 7.08. The molecule has 1 aliphatic rings. The number of nitrogens with one attached hydrogen (secondary N) is 1. The van der Waals surface area contributed by atoms with Gasteiger partial charge in [0.05, 0.1) is 12.1 Å². The van der Waals surface area contributed by atoms with E-state index in [1.54, 1.807) is 29.2 Å². The number of imide groups is 1. The summed E-state index contributed by atoms with van der Waals surface area (Å²) in [6.07, 6.45) is 0.830. The zero-order valence-electron chi connectivity index (χ0n) is 18.1. The molecule has 172 valence electrons. The van der Waals surface area contributed by atoms with Crippen LogP contribution >= 0.6 is 11.8 Å². The predicted molar refractivity (Wildman–Crippen MR) is 130 cm³/mol. The normalized spacial score (nSPS) is 15.1. The van der Waals surface area contributed by atoms with E-state index in [-0.39, 0.29) is 35.6 Å². The first-order valence-corrected chi connectivity index (χ1v) is 11.6. The zero-order chi connectivity index (χ0) is 24.1. The minimum atomic E-state index is -1.07. The molecule has 0 aliphatic carbocycles. The Bertz CT molecular complexity index is 1230. The van der Waals surface area contributed by atoms with E-state index in [0.29, 0.717) is 17.7 Å². The molecule has 4 rings (SSSR count). The van der Waals surface area contributed by atoms with Crippen molar-refractivity contribution >= 4 is 40.5 Å². The number of benzene rings is 3. The van der Waals surface area contributed by atoms with Crippen LogP contribution in [0.2, 0.25) is 0 Å². The molecule has 2 N–H and O–H groups in total. The van der Waals surface area contributed by atoms with E-state index in [0.717, 1.165) is 22.9 Å². The molecular formula is C26H22N2O5S. The van der Waals surface area contributed by atoms with Crippen molar-refractivity contribution in [3.8, 4) is 0 Å². The largest absolute Gasteiger partial charge is 0.478 e. The number of thioether (sulfide) groups is 1. The van der Waals surface area contributed by atoms with Crippen LogP contribution in [-0.2, 0) is 22.6 Å². The molecule has 0 saturated carbocycles. The van der Waals surface area contributed by atoms with Crippen molar-refractivity contribution in [1.29, 1.82) is 0 Å². The maximum Gasteiger partial charge on any atom is 0.335 e. The smallest absolute Gasteiger partial charge is 0.335 e. The first kappa shape index (κ1) is 23.3. The topological polar surface area (TPSA) is 104 Å². The van der Waals surface area contributed by atoms with E-state index in [9.17, 15) is 24.3 Å². The molecule has 0 radical (unpaired) electrons. The molecule has 8 heteroatoms. The molecule has 3 amide bonds.